The maximum absolute atomic E-state index is 5.86. The number of hydrogen-bond acceptors (Lipinski definition) is 3. The zero-order valence-electron chi connectivity index (χ0n) is 6.05. The zero-order valence-corrected chi connectivity index (χ0v) is 6.81. The monoisotopic (exact) mass is 180 g/mol. The summed E-state index contributed by atoms with van der Waals surface area (Å²) in [6.45, 7) is 0. The van der Waals surface area contributed by atoms with Crippen LogP contribution in [0.15, 0.2) is 30.7 Å². The zero-order chi connectivity index (χ0) is 8.39. The summed E-state index contributed by atoms with van der Waals surface area (Å²) in [6, 6.07) is 3.52. The number of halogens is 1. The highest BCUT2D eigenvalue weighted by atomic mass is 35.5. The second kappa shape index (κ2) is 2.91. The van der Waals surface area contributed by atoms with Gasteiger partial charge in [-0.3, -0.25) is 0 Å². The Labute approximate surface area is 73.8 Å². The lowest BCUT2D eigenvalue weighted by atomic mass is 10.4. The van der Waals surface area contributed by atoms with E-state index in [2.05, 4.69) is 15.3 Å². The van der Waals surface area contributed by atoms with Gasteiger partial charge in [0.15, 0.2) is 5.82 Å². The highest BCUT2D eigenvalue weighted by molar-refractivity contribution is 6.32. The molecule has 0 fully saturated rings. The molecule has 0 aromatic carbocycles. The van der Waals surface area contributed by atoms with Crippen LogP contribution >= 0.6 is 11.6 Å². The van der Waals surface area contributed by atoms with Crippen LogP contribution in [-0.2, 0) is 0 Å². The standard InChI is InChI=1S/C7H5ClN4/c8-6-2-1-3-9-7(6)12-5-4-10-11-12/h1-5H. The predicted molar refractivity (Wildman–Crippen MR) is 44.2 cm³/mol. The Morgan fingerprint density at radius 2 is 2.25 bits per heavy atom. The molecule has 0 aliphatic carbocycles. The lowest BCUT2D eigenvalue weighted by Gasteiger charge is -1.99. The van der Waals surface area contributed by atoms with E-state index in [1.165, 1.54) is 4.68 Å². The molecule has 2 heterocycles. The van der Waals surface area contributed by atoms with Crippen molar-refractivity contribution >= 4 is 11.6 Å². The predicted octanol–water partition coefficient (Wildman–Crippen LogP) is 1.32. The van der Waals surface area contributed by atoms with Crippen LogP contribution in [0.4, 0.5) is 0 Å². The summed E-state index contributed by atoms with van der Waals surface area (Å²) in [7, 11) is 0. The third kappa shape index (κ3) is 1.16. The van der Waals surface area contributed by atoms with Gasteiger partial charge in [-0.05, 0) is 12.1 Å². The van der Waals surface area contributed by atoms with Gasteiger partial charge in [0.2, 0.25) is 0 Å². The fourth-order valence-corrected chi connectivity index (χ4v) is 1.08. The van der Waals surface area contributed by atoms with E-state index in [0.29, 0.717) is 10.8 Å². The smallest absolute Gasteiger partial charge is 0.173 e. The quantitative estimate of drug-likeness (QED) is 0.665. The Kier molecular flexibility index (Phi) is 1.75. The molecule has 0 aliphatic rings. The van der Waals surface area contributed by atoms with Gasteiger partial charge in [-0.15, -0.1) is 5.10 Å². The molecular weight excluding hydrogens is 176 g/mol. The maximum atomic E-state index is 5.86. The molecule has 2 rings (SSSR count). The Bertz CT molecular complexity index is 371. The second-order valence-electron chi connectivity index (χ2n) is 2.16. The summed E-state index contributed by atoms with van der Waals surface area (Å²) in [5.74, 6) is 0.594. The van der Waals surface area contributed by atoms with Crippen LogP contribution in [0.3, 0.4) is 0 Å². The molecule has 0 aliphatic heterocycles. The van der Waals surface area contributed by atoms with Crippen LogP contribution in [0, 0.1) is 0 Å². The van der Waals surface area contributed by atoms with Crippen LogP contribution < -0.4 is 0 Å². The van der Waals surface area contributed by atoms with Crippen molar-refractivity contribution in [1.82, 2.24) is 20.0 Å². The van der Waals surface area contributed by atoms with Crippen molar-refractivity contribution in [3.63, 3.8) is 0 Å². The molecule has 5 heteroatoms. The van der Waals surface area contributed by atoms with E-state index in [4.69, 9.17) is 11.6 Å². The summed E-state index contributed by atoms with van der Waals surface area (Å²) in [6.07, 6.45) is 4.92. The van der Waals surface area contributed by atoms with Crippen molar-refractivity contribution < 1.29 is 0 Å². The molecule has 2 aromatic rings. The minimum absolute atomic E-state index is 0.558. The lowest BCUT2D eigenvalue weighted by molar-refractivity contribution is 0.781. The van der Waals surface area contributed by atoms with Crippen LogP contribution in [0.5, 0.6) is 0 Å². The minimum Gasteiger partial charge on any atom is -0.236 e. The van der Waals surface area contributed by atoms with Crippen molar-refractivity contribution in [1.29, 1.82) is 0 Å². The number of pyridine rings is 1. The van der Waals surface area contributed by atoms with Gasteiger partial charge < -0.3 is 0 Å². The van der Waals surface area contributed by atoms with E-state index in [0.717, 1.165) is 0 Å². The van der Waals surface area contributed by atoms with Gasteiger partial charge in [0.25, 0.3) is 0 Å². The summed E-state index contributed by atoms with van der Waals surface area (Å²) >= 11 is 5.86. The van der Waals surface area contributed by atoms with Gasteiger partial charge >= 0.3 is 0 Å². The van der Waals surface area contributed by atoms with Crippen molar-refractivity contribution in [3.8, 4) is 5.82 Å². The fourth-order valence-electron chi connectivity index (χ4n) is 0.867. The van der Waals surface area contributed by atoms with E-state index in [1.54, 1.807) is 30.7 Å². The summed E-state index contributed by atoms with van der Waals surface area (Å²) in [5, 5.41) is 7.98. The molecule has 0 N–H and O–H groups in total. The van der Waals surface area contributed by atoms with Gasteiger partial charge in [0.05, 0.1) is 17.4 Å². The van der Waals surface area contributed by atoms with Crippen LogP contribution in [0.1, 0.15) is 0 Å². The first-order chi connectivity index (χ1) is 5.88. The van der Waals surface area contributed by atoms with E-state index in [9.17, 15) is 0 Å². The normalized spacial score (nSPS) is 10.1. The molecule has 0 radical (unpaired) electrons. The highest BCUT2D eigenvalue weighted by Crippen LogP contribution is 2.14. The van der Waals surface area contributed by atoms with Gasteiger partial charge in [-0.2, -0.15) is 0 Å². The number of nitrogens with zero attached hydrogens (tertiary/aromatic N) is 4. The summed E-state index contributed by atoms with van der Waals surface area (Å²) < 4.78 is 1.52. The topological polar surface area (TPSA) is 43.6 Å². The Morgan fingerprint density at radius 1 is 1.33 bits per heavy atom. The maximum Gasteiger partial charge on any atom is 0.173 e. The Balaban J connectivity index is 2.55. The van der Waals surface area contributed by atoms with Crippen molar-refractivity contribution in [2.75, 3.05) is 0 Å². The molecule has 0 amide bonds. The van der Waals surface area contributed by atoms with E-state index in [1.807, 2.05) is 0 Å². The number of rotatable bonds is 1. The lowest BCUT2D eigenvalue weighted by Crippen LogP contribution is -1.98. The molecule has 60 valence electrons. The van der Waals surface area contributed by atoms with Crippen LogP contribution in [0.2, 0.25) is 5.02 Å². The van der Waals surface area contributed by atoms with E-state index in [-0.39, 0.29) is 0 Å². The van der Waals surface area contributed by atoms with E-state index < -0.39 is 0 Å². The van der Waals surface area contributed by atoms with Gasteiger partial charge in [-0.1, -0.05) is 16.8 Å². The molecule has 0 spiro atoms. The molecule has 0 saturated heterocycles. The van der Waals surface area contributed by atoms with Crippen molar-refractivity contribution in [2.24, 2.45) is 0 Å². The molecule has 12 heavy (non-hydrogen) atoms. The number of aromatic nitrogens is 4. The molecule has 4 nitrogen and oxygen atoms in total. The van der Waals surface area contributed by atoms with Crippen molar-refractivity contribution in [3.05, 3.63) is 35.7 Å². The molecule has 2 aromatic heterocycles. The highest BCUT2D eigenvalue weighted by Gasteiger charge is 2.01. The van der Waals surface area contributed by atoms with Gasteiger partial charge in [0.1, 0.15) is 0 Å². The van der Waals surface area contributed by atoms with Crippen molar-refractivity contribution in [2.45, 2.75) is 0 Å². The molecule has 0 bridgehead atoms. The average Bonchev–Trinajstić information content (AvgIpc) is 2.57. The molecular formula is C7H5ClN4. The summed E-state index contributed by atoms with van der Waals surface area (Å²) in [4.78, 5) is 4.05. The fraction of sp³-hybridized carbons (Fsp3) is 0. The van der Waals surface area contributed by atoms with Crippen LogP contribution in [0.25, 0.3) is 5.82 Å². The molecule has 0 atom stereocenters. The largest absolute Gasteiger partial charge is 0.236 e. The number of hydrogen-bond donors (Lipinski definition) is 0. The minimum atomic E-state index is 0.558. The van der Waals surface area contributed by atoms with Gasteiger partial charge in [0, 0.05) is 6.20 Å². The van der Waals surface area contributed by atoms with Gasteiger partial charge in [-0.25, -0.2) is 9.67 Å². The van der Waals surface area contributed by atoms with Crippen LogP contribution in [-0.4, -0.2) is 20.0 Å². The Morgan fingerprint density at radius 3 is 2.92 bits per heavy atom. The first kappa shape index (κ1) is 7.24. The Hall–Kier alpha value is -1.42. The first-order valence-corrected chi connectivity index (χ1v) is 3.73. The third-order valence-electron chi connectivity index (χ3n) is 1.38. The molecule has 0 unspecified atom stereocenters. The first-order valence-electron chi connectivity index (χ1n) is 3.35. The molecule has 0 saturated carbocycles. The third-order valence-corrected chi connectivity index (χ3v) is 1.67. The summed E-state index contributed by atoms with van der Waals surface area (Å²) in [5.41, 5.74) is 0. The second-order valence-corrected chi connectivity index (χ2v) is 2.56. The average molecular weight is 181 g/mol. The SMILES string of the molecule is Clc1cccnc1-n1ccnn1. The van der Waals surface area contributed by atoms with E-state index >= 15 is 0 Å².